The van der Waals surface area contributed by atoms with E-state index in [1.807, 2.05) is 56.3 Å². The van der Waals surface area contributed by atoms with Crippen LogP contribution in [0.4, 0.5) is 4.79 Å². The fourth-order valence-electron chi connectivity index (χ4n) is 2.70. The summed E-state index contributed by atoms with van der Waals surface area (Å²) in [5.74, 6) is -1.01. The molecule has 2 rings (SSSR count). The number of hydrogen-bond acceptors (Lipinski definition) is 5. The van der Waals surface area contributed by atoms with E-state index >= 15 is 0 Å². The number of ether oxygens (including phenoxy) is 2. The molecule has 0 aliphatic heterocycles. The fourth-order valence-corrected chi connectivity index (χ4v) is 2.70. The van der Waals surface area contributed by atoms with E-state index in [0.717, 1.165) is 11.1 Å². The minimum atomic E-state index is -0.891. The number of hydrogen-bond donors (Lipinski definition) is 1. The third kappa shape index (κ3) is 7.03. The van der Waals surface area contributed by atoms with Crippen LogP contribution in [0.5, 0.6) is 0 Å². The Morgan fingerprint density at radius 3 is 2.00 bits per heavy atom. The van der Waals surface area contributed by atoms with Gasteiger partial charge in [-0.15, -0.1) is 0 Å². The van der Waals surface area contributed by atoms with Crippen LogP contribution in [0.15, 0.2) is 54.6 Å². The zero-order valence-electron chi connectivity index (χ0n) is 17.9. The van der Waals surface area contributed by atoms with Gasteiger partial charge in [0.05, 0.1) is 6.61 Å². The van der Waals surface area contributed by atoms with Gasteiger partial charge in [-0.05, 0) is 23.0 Å². The summed E-state index contributed by atoms with van der Waals surface area (Å²) in [5.41, 5.74) is 2.50. The number of Topliss-reactive ketones (excluding diaryl/α,β-unsaturated/α-hetero) is 1. The SMILES string of the molecule is CC(C)COC(=O)N[C@H](C(=O)OCC(=O)c1ccc(-c2ccccc2)cc1)C(C)C. The predicted octanol–water partition coefficient (Wildman–Crippen LogP) is 4.49. The van der Waals surface area contributed by atoms with Crippen molar-refractivity contribution in [1.82, 2.24) is 5.32 Å². The van der Waals surface area contributed by atoms with Crippen molar-refractivity contribution >= 4 is 17.8 Å². The van der Waals surface area contributed by atoms with Crippen LogP contribution in [0, 0.1) is 11.8 Å². The van der Waals surface area contributed by atoms with Crippen molar-refractivity contribution in [2.24, 2.45) is 11.8 Å². The molecule has 0 saturated carbocycles. The van der Waals surface area contributed by atoms with E-state index < -0.39 is 24.7 Å². The second-order valence-electron chi connectivity index (χ2n) is 7.83. The highest BCUT2D eigenvalue weighted by Crippen LogP contribution is 2.19. The number of amides is 1. The molecule has 0 aliphatic carbocycles. The normalized spacial score (nSPS) is 11.8. The average molecular weight is 411 g/mol. The lowest BCUT2D eigenvalue weighted by Crippen LogP contribution is -2.46. The van der Waals surface area contributed by atoms with Gasteiger partial charge in [0.15, 0.2) is 12.4 Å². The van der Waals surface area contributed by atoms with Crippen molar-refractivity contribution < 1.29 is 23.9 Å². The summed E-state index contributed by atoms with van der Waals surface area (Å²) in [4.78, 5) is 36.7. The van der Waals surface area contributed by atoms with Crippen molar-refractivity contribution in [2.75, 3.05) is 13.2 Å². The molecule has 0 aromatic heterocycles. The van der Waals surface area contributed by atoms with Crippen LogP contribution in [-0.2, 0) is 14.3 Å². The van der Waals surface area contributed by atoms with Gasteiger partial charge in [-0.2, -0.15) is 0 Å². The van der Waals surface area contributed by atoms with Gasteiger partial charge in [0.1, 0.15) is 6.04 Å². The Morgan fingerprint density at radius 1 is 0.833 bits per heavy atom. The molecular formula is C24H29NO5. The lowest BCUT2D eigenvalue weighted by atomic mass is 10.0. The number of esters is 1. The Bertz CT molecular complexity index is 844. The first-order chi connectivity index (χ1) is 14.3. The molecule has 0 spiro atoms. The predicted molar refractivity (Wildman–Crippen MR) is 115 cm³/mol. The largest absolute Gasteiger partial charge is 0.456 e. The standard InChI is InChI=1S/C24H29NO5/c1-16(2)14-30-24(28)25-22(17(3)4)23(27)29-15-21(26)20-12-10-19(11-13-20)18-8-6-5-7-9-18/h5-13,16-17,22H,14-15H2,1-4H3,(H,25,28)/t22-/m0/s1. The van der Waals surface area contributed by atoms with Gasteiger partial charge < -0.3 is 14.8 Å². The van der Waals surface area contributed by atoms with Crippen molar-refractivity contribution in [3.05, 3.63) is 60.2 Å². The van der Waals surface area contributed by atoms with E-state index in [9.17, 15) is 14.4 Å². The van der Waals surface area contributed by atoms with Crippen molar-refractivity contribution in [3.8, 4) is 11.1 Å². The molecule has 2 aromatic carbocycles. The number of alkyl carbamates (subject to hydrolysis) is 1. The number of ketones is 1. The first-order valence-electron chi connectivity index (χ1n) is 10.1. The summed E-state index contributed by atoms with van der Waals surface area (Å²) in [6.07, 6.45) is -0.679. The second-order valence-corrected chi connectivity index (χ2v) is 7.83. The second kappa shape index (κ2) is 11.1. The van der Waals surface area contributed by atoms with Gasteiger partial charge >= 0.3 is 12.1 Å². The van der Waals surface area contributed by atoms with E-state index in [2.05, 4.69) is 5.32 Å². The molecule has 160 valence electrons. The summed E-state index contributed by atoms with van der Waals surface area (Å²) < 4.78 is 10.2. The minimum absolute atomic E-state index is 0.186. The number of carbonyl (C=O) groups excluding carboxylic acids is 3. The van der Waals surface area contributed by atoms with Crippen LogP contribution >= 0.6 is 0 Å². The number of benzene rings is 2. The fraction of sp³-hybridized carbons (Fsp3) is 0.375. The molecule has 1 N–H and O–H groups in total. The lowest BCUT2D eigenvalue weighted by molar-refractivity contribution is -0.146. The molecule has 0 unspecified atom stereocenters. The molecular weight excluding hydrogens is 382 g/mol. The number of carbonyl (C=O) groups is 3. The monoisotopic (exact) mass is 411 g/mol. The zero-order valence-corrected chi connectivity index (χ0v) is 17.9. The molecule has 2 aromatic rings. The summed E-state index contributed by atoms with van der Waals surface area (Å²) in [5, 5.41) is 2.51. The molecule has 0 bridgehead atoms. The number of nitrogens with one attached hydrogen (secondary N) is 1. The Balaban J connectivity index is 1.91. The van der Waals surface area contributed by atoms with E-state index in [1.165, 1.54) is 0 Å². The molecule has 6 nitrogen and oxygen atoms in total. The molecule has 1 amide bonds. The van der Waals surface area contributed by atoms with E-state index in [-0.39, 0.29) is 24.2 Å². The van der Waals surface area contributed by atoms with Crippen LogP contribution in [0.1, 0.15) is 38.1 Å². The van der Waals surface area contributed by atoms with Crippen LogP contribution < -0.4 is 5.32 Å². The van der Waals surface area contributed by atoms with Crippen molar-refractivity contribution in [2.45, 2.75) is 33.7 Å². The van der Waals surface area contributed by atoms with Gasteiger partial charge in [0, 0.05) is 5.56 Å². The highest BCUT2D eigenvalue weighted by molar-refractivity contribution is 5.98. The highest BCUT2D eigenvalue weighted by atomic mass is 16.6. The Kier molecular flexibility index (Phi) is 8.59. The third-order valence-corrected chi connectivity index (χ3v) is 4.40. The maximum absolute atomic E-state index is 12.4. The molecule has 0 heterocycles. The molecule has 6 heteroatoms. The van der Waals surface area contributed by atoms with E-state index in [1.54, 1.807) is 26.0 Å². The third-order valence-electron chi connectivity index (χ3n) is 4.40. The molecule has 0 aliphatic rings. The van der Waals surface area contributed by atoms with Gasteiger partial charge in [-0.1, -0.05) is 82.3 Å². The van der Waals surface area contributed by atoms with Crippen LogP contribution in [0.2, 0.25) is 0 Å². The Hall–Kier alpha value is -3.15. The molecule has 0 fully saturated rings. The maximum atomic E-state index is 12.4. The minimum Gasteiger partial charge on any atom is -0.456 e. The summed E-state index contributed by atoms with van der Waals surface area (Å²) in [6.45, 7) is 7.25. The van der Waals surface area contributed by atoms with Gasteiger partial charge in [0.2, 0.25) is 0 Å². The number of rotatable bonds is 9. The molecule has 1 atom stereocenters. The van der Waals surface area contributed by atoms with E-state index in [4.69, 9.17) is 9.47 Å². The van der Waals surface area contributed by atoms with Crippen LogP contribution in [0.25, 0.3) is 11.1 Å². The summed E-state index contributed by atoms with van der Waals surface area (Å²) in [7, 11) is 0. The zero-order chi connectivity index (χ0) is 22.1. The molecule has 30 heavy (non-hydrogen) atoms. The van der Waals surface area contributed by atoms with Crippen molar-refractivity contribution in [3.63, 3.8) is 0 Å². The summed E-state index contributed by atoms with van der Waals surface area (Å²) >= 11 is 0. The molecule has 0 saturated heterocycles. The Morgan fingerprint density at radius 2 is 1.43 bits per heavy atom. The van der Waals surface area contributed by atoms with Crippen LogP contribution in [-0.4, -0.2) is 37.1 Å². The van der Waals surface area contributed by atoms with E-state index in [0.29, 0.717) is 5.56 Å². The summed E-state index contributed by atoms with van der Waals surface area (Å²) in [6, 6.07) is 16.1. The van der Waals surface area contributed by atoms with Gasteiger partial charge in [0.25, 0.3) is 0 Å². The maximum Gasteiger partial charge on any atom is 0.407 e. The van der Waals surface area contributed by atoms with Crippen LogP contribution in [0.3, 0.4) is 0 Å². The lowest BCUT2D eigenvalue weighted by Gasteiger charge is -2.20. The highest BCUT2D eigenvalue weighted by Gasteiger charge is 2.27. The first kappa shape index (κ1) is 23.1. The van der Waals surface area contributed by atoms with Crippen molar-refractivity contribution in [1.29, 1.82) is 0 Å². The Labute approximate surface area is 177 Å². The van der Waals surface area contributed by atoms with Gasteiger partial charge in [-0.3, -0.25) is 4.79 Å². The first-order valence-corrected chi connectivity index (χ1v) is 10.1. The molecule has 0 radical (unpaired) electrons. The quantitative estimate of drug-likeness (QED) is 0.486. The smallest absolute Gasteiger partial charge is 0.407 e. The topological polar surface area (TPSA) is 81.7 Å². The van der Waals surface area contributed by atoms with Gasteiger partial charge in [-0.25, -0.2) is 9.59 Å². The average Bonchev–Trinajstić information content (AvgIpc) is 2.74.